The normalized spacial score (nSPS) is 11.6. The van der Waals surface area contributed by atoms with E-state index in [0.717, 1.165) is 44.6 Å². The number of hydrogen-bond donors (Lipinski definition) is 0. The van der Waals surface area contributed by atoms with Crippen molar-refractivity contribution in [3.8, 4) is 39.1 Å². The van der Waals surface area contributed by atoms with Crippen LogP contribution >= 0.6 is 0 Å². The summed E-state index contributed by atoms with van der Waals surface area (Å²) < 4.78 is 8.77. The molecule has 0 aliphatic heterocycles. The first-order valence-corrected chi connectivity index (χ1v) is 20.8. The maximum absolute atomic E-state index is 6.41. The highest BCUT2D eigenvalue weighted by molar-refractivity contribution is 6.23. The van der Waals surface area contributed by atoms with Crippen LogP contribution in [0.1, 0.15) is 0 Å². The molecule has 0 aliphatic rings. The molecule has 3 heteroatoms. The van der Waals surface area contributed by atoms with E-state index in [0.29, 0.717) is 0 Å². The quantitative estimate of drug-likeness (QED) is 0.161. The Morgan fingerprint density at radius 3 is 1.57 bits per heavy atom. The Kier molecular flexibility index (Phi) is 8.17. The molecule has 0 N–H and O–H groups in total. The molecule has 0 radical (unpaired) electrons. The van der Waals surface area contributed by atoms with Gasteiger partial charge in [-0.3, -0.25) is 0 Å². The van der Waals surface area contributed by atoms with Crippen molar-refractivity contribution in [3.05, 3.63) is 231 Å². The summed E-state index contributed by atoms with van der Waals surface area (Å²) in [5, 5.41) is 7.09. The number of anilines is 3. The molecule has 0 amide bonds. The van der Waals surface area contributed by atoms with E-state index in [1.54, 1.807) is 0 Å². The summed E-state index contributed by atoms with van der Waals surface area (Å²) in [6, 6.07) is 82.8. The SMILES string of the molecule is c1ccc(-c2ccc(N(c3ccc(-c4ccc(-c5ccc6c(c5)c5ccccc5n6-c5ccccc5)cc4)cc3)c3cccc4ccc5oc6ccccc6c5c34)cc2)cc1. The molecule has 61 heavy (non-hydrogen) atoms. The fourth-order valence-electron chi connectivity index (χ4n) is 9.29. The first-order valence-electron chi connectivity index (χ1n) is 20.8. The van der Waals surface area contributed by atoms with Gasteiger partial charge in [-0.1, -0.05) is 158 Å². The lowest BCUT2D eigenvalue weighted by atomic mass is 9.98. The van der Waals surface area contributed by atoms with Crippen molar-refractivity contribution >= 4 is 71.6 Å². The van der Waals surface area contributed by atoms with Crippen LogP contribution in [-0.2, 0) is 0 Å². The number of para-hydroxylation sites is 3. The Bertz CT molecular complexity index is 3550. The minimum Gasteiger partial charge on any atom is -0.456 e. The molecular weight excluding hydrogens is 741 g/mol. The van der Waals surface area contributed by atoms with Gasteiger partial charge in [0.1, 0.15) is 11.2 Å². The zero-order chi connectivity index (χ0) is 40.3. The van der Waals surface area contributed by atoms with E-state index in [2.05, 4.69) is 234 Å². The van der Waals surface area contributed by atoms with Crippen LogP contribution in [0.4, 0.5) is 17.1 Å². The van der Waals surface area contributed by atoms with Crippen LogP contribution in [0.3, 0.4) is 0 Å². The third-order valence-corrected chi connectivity index (χ3v) is 12.2. The first kappa shape index (κ1) is 34.9. The number of fused-ring (bicyclic) bond motifs is 8. The molecule has 0 atom stereocenters. The van der Waals surface area contributed by atoms with Crippen LogP contribution in [0.2, 0.25) is 0 Å². The number of rotatable bonds is 7. The Balaban J connectivity index is 0.929. The van der Waals surface area contributed by atoms with E-state index >= 15 is 0 Å². The molecule has 0 unspecified atom stereocenters. The zero-order valence-corrected chi connectivity index (χ0v) is 33.2. The van der Waals surface area contributed by atoms with Crippen LogP contribution in [0.25, 0.3) is 93.6 Å². The summed E-state index contributed by atoms with van der Waals surface area (Å²) in [4.78, 5) is 2.39. The average Bonchev–Trinajstić information content (AvgIpc) is 3.89. The van der Waals surface area contributed by atoms with Gasteiger partial charge in [-0.25, -0.2) is 0 Å². The minimum atomic E-state index is 0.887. The number of furan rings is 1. The second-order valence-corrected chi connectivity index (χ2v) is 15.7. The van der Waals surface area contributed by atoms with Crippen molar-refractivity contribution in [1.29, 1.82) is 0 Å². The Morgan fingerprint density at radius 2 is 0.869 bits per heavy atom. The molecule has 0 aliphatic carbocycles. The Morgan fingerprint density at radius 1 is 0.328 bits per heavy atom. The molecule has 0 fully saturated rings. The van der Waals surface area contributed by atoms with E-state index in [-0.39, 0.29) is 0 Å². The van der Waals surface area contributed by atoms with Gasteiger partial charge >= 0.3 is 0 Å². The molecule has 10 aromatic carbocycles. The zero-order valence-electron chi connectivity index (χ0n) is 33.2. The topological polar surface area (TPSA) is 21.3 Å². The molecule has 12 rings (SSSR count). The van der Waals surface area contributed by atoms with Gasteiger partial charge in [0.15, 0.2) is 0 Å². The van der Waals surface area contributed by atoms with E-state index in [9.17, 15) is 0 Å². The van der Waals surface area contributed by atoms with Crippen molar-refractivity contribution in [2.24, 2.45) is 0 Å². The van der Waals surface area contributed by atoms with Gasteiger partial charge in [-0.2, -0.15) is 0 Å². The van der Waals surface area contributed by atoms with Gasteiger partial charge in [-0.05, 0) is 112 Å². The summed E-state index contributed by atoms with van der Waals surface area (Å²) in [7, 11) is 0. The number of aromatic nitrogens is 1. The summed E-state index contributed by atoms with van der Waals surface area (Å²) in [6.45, 7) is 0. The van der Waals surface area contributed by atoms with E-state index in [1.807, 2.05) is 6.07 Å². The minimum absolute atomic E-state index is 0.887. The lowest BCUT2D eigenvalue weighted by Gasteiger charge is -2.27. The molecule has 2 aromatic heterocycles. The summed E-state index contributed by atoms with van der Waals surface area (Å²) >= 11 is 0. The second-order valence-electron chi connectivity index (χ2n) is 15.7. The van der Waals surface area contributed by atoms with Gasteiger partial charge in [0.05, 0.1) is 16.7 Å². The molecule has 0 spiro atoms. The van der Waals surface area contributed by atoms with Crippen LogP contribution in [0, 0.1) is 0 Å². The van der Waals surface area contributed by atoms with Crippen LogP contribution in [0.15, 0.2) is 235 Å². The Labute approximate surface area is 353 Å². The Hall–Kier alpha value is -8.14. The predicted molar refractivity (Wildman–Crippen MR) is 257 cm³/mol. The van der Waals surface area contributed by atoms with Crippen LogP contribution in [0.5, 0.6) is 0 Å². The average molecular weight is 779 g/mol. The lowest BCUT2D eigenvalue weighted by Crippen LogP contribution is -2.10. The van der Waals surface area contributed by atoms with E-state index in [4.69, 9.17) is 4.42 Å². The van der Waals surface area contributed by atoms with Crippen molar-refractivity contribution in [3.63, 3.8) is 0 Å². The third-order valence-electron chi connectivity index (χ3n) is 12.2. The summed E-state index contributed by atoms with van der Waals surface area (Å²) in [6.07, 6.45) is 0. The van der Waals surface area contributed by atoms with E-state index < -0.39 is 0 Å². The van der Waals surface area contributed by atoms with Gasteiger partial charge in [0.25, 0.3) is 0 Å². The largest absolute Gasteiger partial charge is 0.456 e. The van der Waals surface area contributed by atoms with Crippen molar-refractivity contribution < 1.29 is 4.42 Å². The van der Waals surface area contributed by atoms with Crippen molar-refractivity contribution in [1.82, 2.24) is 4.57 Å². The molecule has 286 valence electrons. The smallest absolute Gasteiger partial charge is 0.136 e. The molecule has 0 saturated carbocycles. The molecule has 12 aromatic rings. The van der Waals surface area contributed by atoms with E-state index in [1.165, 1.54) is 66.1 Å². The van der Waals surface area contributed by atoms with Gasteiger partial charge in [0.2, 0.25) is 0 Å². The van der Waals surface area contributed by atoms with Crippen LogP contribution in [-0.4, -0.2) is 4.57 Å². The van der Waals surface area contributed by atoms with Gasteiger partial charge in [-0.15, -0.1) is 0 Å². The van der Waals surface area contributed by atoms with Crippen molar-refractivity contribution in [2.45, 2.75) is 0 Å². The fraction of sp³-hybridized carbons (Fsp3) is 0. The molecule has 0 bridgehead atoms. The maximum Gasteiger partial charge on any atom is 0.136 e. The number of nitrogens with zero attached hydrogens (tertiary/aromatic N) is 2. The highest BCUT2D eigenvalue weighted by Crippen LogP contribution is 2.45. The maximum atomic E-state index is 6.41. The first-order chi connectivity index (χ1) is 30.2. The number of hydrogen-bond acceptors (Lipinski definition) is 2. The van der Waals surface area contributed by atoms with Gasteiger partial charge < -0.3 is 13.9 Å². The summed E-state index contributed by atoms with van der Waals surface area (Å²) in [5.41, 5.74) is 15.7. The monoisotopic (exact) mass is 778 g/mol. The molecule has 2 heterocycles. The third kappa shape index (κ3) is 5.90. The highest BCUT2D eigenvalue weighted by Gasteiger charge is 2.20. The molecule has 0 saturated heterocycles. The predicted octanol–water partition coefficient (Wildman–Crippen LogP) is 16.3. The number of benzene rings is 10. The molecular formula is C58H38N2O. The second kappa shape index (κ2) is 14.3. The highest BCUT2D eigenvalue weighted by atomic mass is 16.3. The van der Waals surface area contributed by atoms with Crippen LogP contribution < -0.4 is 4.90 Å². The van der Waals surface area contributed by atoms with Gasteiger partial charge in [0, 0.05) is 44.0 Å². The lowest BCUT2D eigenvalue weighted by molar-refractivity contribution is 0.669. The fourth-order valence-corrected chi connectivity index (χ4v) is 9.29. The standard InChI is InChI=1S/C58H38N2O/c1-3-12-39(13-4-1)41-26-32-47(33-27-41)59(54-20-11-14-44-31-37-56-58(57(44)54)50-18-8-10-21-55(50)61-56)48-34-28-42(29-35-48)40-22-24-43(25-23-40)45-30-36-53-51(38-45)49-17-7-9-19-52(49)60(53)46-15-5-2-6-16-46/h1-38H. The molecule has 3 nitrogen and oxygen atoms in total. The van der Waals surface area contributed by atoms with Crippen molar-refractivity contribution in [2.75, 3.05) is 4.90 Å². The summed E-state index contributed by atoms with van der Waals surface area (Å²) in [5.74, 6) is 0.